The number of ether oxygens (including phenoxy) is 1. The first kappa shape index (κ1) is 14.7. The van der Waals surface area contributed by atoms with Crippen molar-refractivity contribution < 1.29 is 19.4 Å². The van der Waals surface area contributed by atoms with Crippen LogP contribution >= 0.6 is 0 Å². The second-order valence-electron chi connectivity index (χ2n) is 3.73. The van der Waals surface area contributed by atoms with Gasteiger partial charge in [-0.1, -0.05) is 0 Å². The number of amides is 2. The van der Waals surface area contributed by atoms with Crippen molar-refractivity contribution in [1.82, 2.24) is 5.43 Å². The first-order valence-corrected chi connectivity index (χ1v) is 5.51. The fraction of sp³-hybridized carbons (Fsp3) is 0.250. The standard InChI is InChI=1S/C12H15N3O4/c1-8(16)12(18)15-14-6-9-2-4-10(5-3-9)19-7-11(13)17/h2-6,8,16H,7H2,1H3,(H2,13,17)(H,15,18)/b14-6-/t8-/m1/s1. The number of nitrogens with zero attached hydrogens (tertiary/aromatic N) is 1. The van der Waals surface area contributed by atoms with Gasteiger partial charge in [-0.25, -0.2) is 5.43 Å². The summed E-state index contributed by atoms with van der Waals surface area (Å²) in [7, 11) is 0. The van der Waals surface area contributed by atoms with Crippen molar-refractivity contribution in [3.63, 3.8) is 0 Å². The average molecular weight is 265 g/mol. The van der Waals surface area contributed by atoms with E-state index in [9.17, 15) is 9.59 Å². The minimum absolute atomic E-state index is 0.183. The summed E-state index contributed by atoms with van der Waals surface area (Å²) in [6, 6.07) is 6.66. The Morgan fingerprint density at radius 1 is 1.47 bits per heavy atom. The number of benzene rings is 1. The molecule has 0 spiro atoms. The van der Waals surface area contributed by atoms with E-state index in [2.05, 4.69) is 10.5 Å². The van der Waals surface area contributed by atoms with Gasteiger partial charge in [0.15, 0.2) is 6.61 Å². The minimum Gasteiger partial charge on any atom is -0.484 e. The van der Waals surface area contributed by atoms with Crippen LogP contribution in [0.15, 0.2) is 29.4 Å². The summed E-state index contributed by atoms with van der Waals surface area (Å²) in [6.45, 7) is 1.16. The third-order valence-corrected chi connectivity index (χ3v) is 2.03. The van der Waals surface area contributed by atoms with Crippen molar-refractivity contribution in [2.45, 2.75) is 13.0 Å². The molecule has 0 saturated carbocycles. The normalized spacial score (nSPS) is 12.1. The number of aliphatic hydroxyl groups is 1. The zero-order valence-electron chi connectivity index (χ0n) is 10.4. The second-order valence-corrected chi connectivity index (χ2v) is 3.73. The molecule has 7 heteroatoms. The van der Waals surface area contributed by atoms with Crippen LogP contribution in [0.2, 0.25) is 0 Å². The van der Waals surface area contributed by atoms with Crippen LogP contribution in [0.4, 0.5) is 0 Å². The van der Waals surface area contributed by atoms with Gasteiger partial charge >= 0.3 is 0 Å². The third-order valence-electron chi connectivity index (χ3n) is 2.03. The maximum atomic E-state index is 11.0. The fourth-order valence-corrected chi connectivity index (χ4v) is 1.07. The molecule has 0 aliphatic heterocycles. The molecule has 1 atom stereocenters. The predicted octanol–water partition coefficient (Wildman–Crippen LogP) is -0.618. The fourth-order valence-electron chi connectivity index (χ4n) is 1.07. The summed E-state index contributed by atoms with van der Waals surface area (Å²) in [5.74, 6) is -0.631. The number of hydrogen-bond acceptors (Lipinski definition) is 5. The Labute approximate surface area is 110 Å². The number of primary amides is 1. The van der Waals surface area contributed by atoms with E-state index in [1.165, 1.54) is 13.1 Å². The minimum atomic E-state index is -1.11. The Bertz CT molecular complexity index is 468. The maximum Gasteiger partial charge on any atom is 0.268 e. The molecular weight excluding hydrogens is 250 g/mol. The molecule has 0 aromatic heterocycles. The van der Waals surface area contributed by atoms with Crippen molar-refractivity contribution in [2.24, 2.45) is 10.8 Å². The molecule has 0 radical (unpaired) electrons. The summed E-state index contributed by atoms with van der Waals surface area (Å²) >= 11 is 0. The van der Waals surface area contributed by atoms with Crippen LogP contribution in [0.5, 0.6) is 5.75 Å². The molecule has 0 bridgehead atoms. The Morgan fingerprint density at radius 3 is 2.63 bits per heavy atom. The molecule has 1 aromatic carbocycles. The highest BCUT2D eigenvalue weighted by atomic mass is 16.5. The summed E-state index contributed by atoms with van der Waals surface area (Å²) in [5, 5.41) is 12.6. The van der Waals surface area contributed by atoms with Crippen LogP contribution < -0.4 is 15.9 Å². The molecule has 0 aliphatic rings. The highest BCUT2D eigenvalue weighted by Gasteiger charge is 2.05. The van der Waals surface area contributed by atoms with Crippen LogP contribution in [0.3, 0.4) is 0 Å². The number of carbonyl (C=O) groups excluding carboxylic acids is 2. The van der Waals surface area contributed by atoms with E-state index >= 15 is 0 Å². The van der Waals surface area contributed by atoms with Gasteiger partial charge in [-0.05, 0) is 36.8 Å². The summed E-state index contributed by atoms with van der Waals surface area (Å²) in [5.41, 5.74) is 7.84. The molecule has 19 heavy (non-hydrogen) atoms. The van der Waals surface area contributed by atoms with E-state index in [0.29, 0.717) is 5.75 Å². The lowest BCUT2D eigenvalue weighted by atomic mass is 10.2. The molecule has 0 saturated heterocycles. The molecule has 102 valence electrons. The quantitative estimate of drug-likeness (QED) is 0.470. The second kappa shape index (κ2) is 7.12. The van der Waals surface area contributed by atoms with E-state index in [0.717, 1.165) is 5.56 Å². The molecule has 1 rings (SSSR count). The number of aliphatic hydroxyl groups excluding tert-OH is 1. The van der Waals surface area contributed by atoms with Crippen molar-refractivity contribution in [3.8, 4) is 5.75 Å². The van der Waals surface area contributed by atoms with Crippen molar-refractivity contribution in [3.05, 3.63) is 29.8 Å². The van der Waals surface area contributed by atoms with Gasteiger partial charge in [0.25, 0.3) is 11.8 Å². The van der Waals surface area contributed by atoms with Crippen LogP contribution in [0.1, 0.15) is 12.5 Å². The van der Waals surface area contributed by atoms with Gasteiger partial charge in [0.05, 0.1) is 6.21 Å². The number of hydrazone groups is 1. The molecule has 0 fully saturated rings. The lowest BCUT2D eigenvalue weighted by Crippen LogP contribution is -2.28. The molecule has 1 aromatic rings. The lowest BCUT2D eigenvalue weighted by Gasteiger charge is -2.03. The van der Waals surface area contributed by atoms with Gasteiger partial charge in [0, 0.05) is 0 Å². The van der Waals surface area contributed by atoms with Crippen LogP contribution in [0.25, 0.3) is 0 Å². The van der Waals surface area contributed by atoms with Gasteiger partial charge in [-0.3, -0.25) is 9.59 Å². The summed E-state index contributed by atoms with van der Waals surface area (Å²) < 4.78 is 5.07. The average Bonchev–Trinajstić information content (AvgIpc) is 2.37. The molecular formula is C12H15N3O4. The highest BCUT2D eigenvalue weighted by Crippen LogP contribution is 2.10. The van der Waals surface area contributed by atoms with Crippen molar-refractivity contribution in [2.75, 3.05) is 6.61 Å². The van der Waals surface area contributed by atoms with Gasteiger partial charge in [-0.15, -0.1) is 0 Å². The molecule has 0 unspecified atom stereocenters. The summed E-state index contributed by atoms with van der Waals surface area (Å²) in [4.78, 5) is 21.5. The van der Waals surface area contributed by atoms with Gasteiger partial charge < -0.3 is 15.6 Å². The Kier molecular flexibility index (Phi) is 5.49. The Morgan fingerprint density at radius 2 is 2.11 bits per heavy atom. The van der Waals surface area contributed by atoms with E-state index in [-0.39, 0.29) is 6.61 Å². The number of hydrogen-bond donors (Lipinski definition) is 3. The van der Waals surface area contributed by atoms with E-state index in [1.54, 1.807) is 24.3 Å². The van der Waals surface area contributed by atoms with Gasteiger partial charge in [0.1, 0.15) is 11.9 Å². The van der Waals surface area contributed by atoms with E-state index < -0.39 is 17.9 Å². The number of nitrogens with two attached hydrogens (primary N) is 1. The molecule has 7 nitrogen and oxygen atoms in total. The van der Waals surface area contributed by atoms with Crippen molar-refractivity contribution in [1.29, 1.82) is 0 Å². The SMILES string of the molecule is C[C@@H](O)C(=O)N/N=C\c1ccc(OCC(N)=O)cc1. The topological polar surface area (TPSA) is 114 Å². The Hall–Kier alpha value is -2.41. The zero-order valence-corrected chi connectivity index (χ0v) is 10.4. The maximum absolute atomic E-state index is 11.0. The largest absolute Gasteiger partial charge is 0.484 e. The monoisotopic (exact) mass is 265 g/mol. The lowest BCUT2D eigenvalue weighted by molar-refractivity contribution is -0.128. The predicted molar refractivity (Wildman–Crippen MR) is 68.5 cm³/mol. The number of rotatable bonds is 6. The third kappa shape index (κ3) is 5.64. The zero-order chi connectivity index (χ0) is 14.3. The van der Waals surface area contributed by atoms with Gasteiger partial charge in [0.2, 0.25) is 0 Å². The smallest absolute Gasteiger partial charge is 0.268 e. The molecule has 0 heterocycles. The number of nitrogens with one attached hydrogen (secondary N) is 1. The van der Waals surface area contributed by atoms with Crippen molar-refractivity contribution >= 4 is 18.0 Å². The Balaban J connectivity index is 2.50. The van der Waals surface area contributed by atoms with Crippen LogP contribution in [0, 0.1) is 0 Å². The van der Waals surface area contributed by atoms with Gasteiger partial charge in [-0.2, -0.15) is 5.10 Å². The van der Waals surface area contributed by atoms with E-state index in [1.807, 2.05) is 0 Å². The number of carbonyl (C=O) groups is 2. The molecule has 4 N–H and O–H groups in total. The first-order valence-electron chi connectivity index (χ1n) is 5.51. The molecule has 2 amide bonds. The summed E-state index contributed by atoms with van der Waals surface area (Å²) in [6.07, 6.45) is 0.305. The first-order chi connectivity index (χ1) is 8.99. The highest BCUT2D eigenvalue weighted by molar-refractivity contribution is 5.84. The van der Waals surface area contributed by atoms with Crippen LogP contribution in [-0.4, -0.2) is 35.8 Å². The molecule has 0 aliphatic carbocycles. The van der Waals surface area contributed by atoms with Crippen LogP contribution in [-0.2, 0) is 9.59 Å². The van der Waals surface area contributed by atoms with E-state index in [4.69, 9.17) is 15.6 Å².